The number of hydrogen-bond donors (Lipinski definition) is 0. The second-order valence-electron chi connectivity index (χ2n) is 7.39. The van der Waals surface area contributed by atoms with Crippen LogP contribution in [0, 0.1) is 5.92 Å². The van der Waals surface area contributed by atoms with Gasteiger partial charge in [-0.25, -0.2) is 0 Å². The molecule has 1 unspecified atom stereocenters. The van der Waals surface area contributed by atoms with Crippen LogP contribution in [0.25, 0.3) is 10.9 Å². The summed E-state index contributed by atoms with van der Waals surface area (Å²) in [5, 5.41) is 1.10. The molecule has 5 heteroatoms. The van der Waals surface area contributed by atoms with Gasteiger partial charge in [-0.3, -0.25) is 4.79 Å². The van der Waals surface area contributed by atoms with E-state index in [1.165, 1.54) is 0 Å². The number of piperidine rings is 1. The monoisotopic (exact) mass is 378 g/mol. The minimum Gasteiger partial charge on any atom is -0.497 e. The summed E-state index contributed by atoms with van der Waals surface area (Å²) in [7, 11) is 3.61. The first-order valence-electron chi connectivity index (χ1n) is 9.76. The normalized spacial score (nSPS) is 16.9. The molecule has 2 heterocycles. The number of aryl methyl sites for hydroxylation is 1. The van der Waals surface area contributed by atoms with Gasteiger partial charge in [-0.2, -0.15) is 0 Å². The fourth-order valence-corrected chi connectivity index (χ4v) is 3.93. The van der Waals surface area contributed by atoms with Crippen molar-refractivity contribution in [2.24, 2.45) is 13.0 Å². The molecule has 28 heavy (non-hydrogen) atoms. The molecule has 0 bridgehead atoms. The number of carbonyl (C=O) groups excluding carboxylic acids is 1. The molecule has 1 aliphatic rings. The van der Waals surface area contributed by atoms with E-state index in [-0.39, 0.29) is 5.91 Å². The molecule has 1 atom stereocenters. The minimum absolute atomic E-state index is 0.104. The molecule has 0 saturated carbocycles. The van der Waals surface area contributed by atoms with Crippen molar-refractivity contribution in [3.63, 3.8) is 0 Å². The largest absolute Gasteiger partial charge is 0.497 e. The maximum absolute atomic E-state index is 13.1. The lowest BCUT2D eigenvalue weighted by molar-refractivity contribution is 0.0624. The van der Waals surface area contributed by atoms with Crippen LogP contribution in [-0.4, -0.2) is 42.2 Å². The standard InChI is InChI=1S/C23H26N2O3/c1-24-21-8-4-3-7-18(21)14-22(24)23(26)25-13-5-6-17(15-25)16-28-20-11-9-19(27-2)10-12-20/h3-4,7-12,14,17H,5-6,13,15-16H2,1-2H3. The Balaban J connectivity index is 1.41. The number of rotatable bonds is 5. The molecule has 1 aromatic heterocycles. The third-order valence-electron chi connectivity index (χ3n) is 5.52. The molecule has 2 aromatic carbocycles. The maximum Gasteiger partial charge on any atom is 0.270 e. The first-order chi connectivity index (χ1) is 13.7. The first kappa shape index (κ1) is 18.4. The van der Waals surface area contributed by atoms with Crippen molar-refractivity contribution in [3.05, 3.63) is 60.3 Å². The second-order valence-corrected chi connectivity index (χ2v) is 7.39. The lowest BCUT2D eigenvalue weighted by Crippen LogP contribution is -2.42. The van der Waals surface area contributed by atoms with Gasteiger partial charge >= 0.3 is 0 Å². The molecule has 3 aromatic rings. The Bertz CT molecular complexity index is 962. The number of benzene rings is 2. The lowest BCUT2D eigenvalue weighted by Gasteiger charge is -2.32. The molecule has 4 rings (SSSR count). The summed E-state index contributed by atoms with van der Waals surface area (Å²) < 4.78 is 13.1. The summed E-state index contributed by atoms with van der Waals surface area (Å²) in [5.41, 5.74) is 1.83. The van der Waals surface area contributed by atoms with Crippen LogP contribution in [0.2, 0.25) is 0 Å². The van der Waals surface area contributed by atoms with Crippen molar-refractivity contribution in [3.8, 4) is 11.5 Å². The molecule has 5 nitrogen and oxygen atoms in total. The van der Waals surface area contributed by atoms with E-state index in [0.29, 0.717) is 12.5 Å². The zero-order valence-corrected chi connectivity index (χ0v) is 16.4. The Kier molecular flexibility index (Phi) is 5.24. The maximum atomic E-state index is 13.1. The molecular weight excluding hydrogens is 352 g/mol. The van der Waals surface area contributed by atoms with E-state index in [1.807, 2.05) is 71.1 Å². The Morgan fingerprint density at radius 3 is 2.61 bits per heavy atom. The zero-order chi connectivity index (χ0) is 19.5. The molecule has 1 amide bonds. The highest BCUT2D eigenvalue weighted by Crippen LogP contribution is 2.24. The number of methoxy groups -OCH3 is 1. The van der Waals surface area contributed by atoms with Gasteiger partial charge in [0.25, 0.3) is 5.91 Å². The van der Waals surface area contributed by atoms with Gasteiger partial charge in [-0.1, -0.05) is 18.2 Å². The molecule has 1 fully saturated rings. The fourth-order valence-electron chi connectivity index (χ4n) is 3.93. The van der Waals surface area contributed by atoms with Crippen LogP contribution in [0.1, 0.15) is 23.3 Å². The third-order valence-corrected chi connectivity index (χ3v) is 5.52. The first-order valence-corrected chi connectivity index (χ1v) is 9.76. The summed E-state index contributed by atoms with van der Waals surface area (Å²) in [4.78, 5) is 15.1. The lowest BCUT2D eigenvalue weighted by atomic mass is 9.98. The van der Waals surface area contributed by atoms with E-state index in [1.54, 1.807) is 7.11 Å². The van der Waals surface area contributed by atoms with Gasteiger partial charge in [0.05, 0.1) is 13.7 Å². The van der Waals surface area contributed by atoms with Crippen molar-refractivity contribution in [2.75, 3.05) is 26.8 Å². The van der Waals surface area contributed by atoms with Crippen LogP contribution in [0.15, 0.2) is 54.6 Å². The van der Waals surface area contributed by atoms with Gasteiger partial charge in [0.1, 0.15) is 17.2 Å². The number of amides is 1. The van der Waals surface area contributed by atoms with Crippen LogP contribution in [0.3, 0.4) is 0 Å². The van der Waals surface area contributed by atoms with Gasteiger partial charge in [0, 0.05) is 37.0 Å². The number of nitrogens with zero attached hydrogens (tertiary/aromatic N) is 2. The van der Waals surface area contributed by atoms with Crippen LogP contribution in [-0.2, 0) is 7.05 Å². The summed E-state index contributed by atoms with van der Waals surface area (Å²) in [6.45, 7) is 2.15. The number of fused-ring (bicyclic) bond motifs is 1. The van der Waals surface area contributed by atoms with Crippen molar-refractivity contribution in [1.29, 1.82) is 0 Å². The highest BCUT2D eigenvalue weighted by molar-refractivity contribution is 5.98. The minimum atomic E-state index is 0.104. The number of ether oxygens (including phenoxy) is 2. The third kappa shape index (κ3) is 3.70. The van der Waals surface area contributed by atoms with E-state index < -0.39 is 0 Å². The summed E-state index contributed by atoms with van der Waals surface area (Å²) in [6.07, 6.45) is 2.08. The smallest absolute Gasteiger partial charge is 0.270 e. The predicted molar refractivity (Wildman–Crippen MR) is 110 cm³/mol. The average Bonchev–Trinajstić information content (AvgIpc) is 3.09. The highest BCUT2D eigenvalue weighted by atomic mass is 16.5. The molecule has 0 N–H and O–H groups in total. The molecule has 0 spiro atoms. The Morgan fingerprint density at radius 1 is 1.11 bits per heavy atom. The predicted octanol–water partition coefficient (Wildman–Crippen LogP) is 4.12. The topological polar surface area (TPSA) is 43.7 Å². The molecule has 0 aliphatic carbocycles. The van der Waals surface area contributed by atoms with Crippen LogP contribution >= 0.6 is 0 Å². The van der Waals surface area contributed by atoms with Gasteiger partial charge in [0.2, 0.25) is 0 Å². The van der Waals surface area contributed by atoms with Crippen molar-refractivity contribution in [1.82, 2.24) is 9.47 Å². The number of hydrogen-bond acceptors (Lipinski definition) is 3. The number of para-hydroxylation sites is 1. The van der Waals surface area contributed by atoms with Crippen molar-refractivity contribution in [2.45, 2.75) is 12.8 Å². The SMILES string of the molecule is COc1ccc(OCC2CCCN(C(=O)c3cc4ccccc4n3C)C2)cc1. The average molecular weight is 378 g/mol. The Labute approximate surface area is 165 Å². The number of likely N-dealkylation sites (tertiary alicyclic amines) is 1. The van der Waals surface area contributed by atoms with E-state index in [4.69, 9.17) is 9.47 Å². The summed E-state index contributed by atoms with van der Waals surface area (Å²) in [5.74, 6) is 2.09. The Morgan fingerprint density at radius 2 is 1.86 bits per heavy atom. The zero-order valence-electron chi connectivity index (χ0n) is 16.4. The van der Waals surface area contributed by atoms with Gasteiger partial charge in [-0.05, 0) is 49.2 Å². The Hall–Kier alpha value is -2.95. The molecular formula is C23H26N2O3. The van der Waals surface area contributed by atoms with Gasteiger partial charge < -0.3 is 18.9 Å². The number of aromatic nitrogens is 1. The van der Waals surface area contributed by atoms with E-state index in [0.717, 1.165) is 54.0 Å². The molecule has 0 radical (unpaired) electrons. The molecule has 1 aliphatic heterocycles. The second kappa shape index (κ2) is 7.97. The van der Waals surface area contributed by atoms with E-state index >= 15 is 0 Å². The number of carbonyl (C=O) groups is 1. The van der Waals surface area contributed by atoms with Gasteiger partial charge in [-0.15, -0.1) is 0 Å². The van der Waals surface area contributed by atoms with Crippen LogP contribution in [0.4, 0.5) is 0 Å². The quantitative estimate of drug-likeness (QED) is 0.671. The summed E-state index contributed by atoms with van der Waals surface area (Å²) in [6, 6.07) is 17.7. The van der Waals surface area contributed by atoms with Crippen LogP contribution < -0.4 is 9.47 Å². The highest BCUT2D eigenvalue weighted by Gasteiger charge is 2.26. The van der Waals surface area contributed by atoms with Crippen molar-refractivity contribution < 1.29 is 14.3 Å². The van der Waals surface area contributed by atoms with Crippen molar-refractivity contribution >= 4 is 16.8 Å². The summed E-state index contributed by atoms with van der Waals surface area (Å²) >= 11 is 0. The van der Waals surface area contributed by atoms with Crippen LogP contribution in [0.5, 0.6) is 11.5 Å². The van der Waals surface area contributed by atoms with E-state index in [2.05, 4.69) is 0 Å². The van der Waals surface area contributed by atoms with E-state index in [9.17, 15) is 4.79 Å². The molecule has 146 valence electrons. The van der Waals surface area contributed by atoms with Gasteiger partial charge in [0.15, 0.2) is 0 Å². The fraction of sp³-hybridized carbons (Fsp3) is 0.348. The molecule has 1 saturated heterocycles.